The minimum absolute atomic E-state index is 0.0232. The maximum absolute atomic E-state index is 11.8. The van der Waals surface area contributed by atoms with E-state index < -0.39 is 21.7 Å². The molecule has 0 aliphatic rings. The Morgan fingerprint density at radius 3 is 2.23 bits per heavy atom. The van der Waals surface area contributed by atoms with Crippen LogP contribution in [0.3, 0.4) is 0 Å². The van der Waals surface area contributed by atoms with Crippen molar-refractivity contribution in [2.75, 3.05) is 27.6 Å². The van der Waals surface area contributed by atoms with Crippen LogP contribution in [-0.4, -0.2) is 57.3 Å². The van der Waals surface area contributed by atoms with Gasteiger partial charge < -0.3 is 9.47 Å². The van der Waals surface area contributed by atoms with Crippen molar-refractivity contribution in [3.05, 3.63) is 11.5 Å². The molecule has 22 heavy (non-hydrogen) atoms. The Hall–Kier alpha value is -1.98. The molecule has 0 N–H and O–H groups in total. The van der Waals surface area contributed by atoms with E-state index >= 15 is 0 Å². The number of ether oxygens (including phenoxy) is 2. The smallest absolute Gasteiger partial charge is 0.466 e. The van der Waals surface area contributed by atoms with E-state index in [4.69, 9.17) is 9.47 Å². The lowest BCUT2D eigenvalue weighted by Crippen LogP contribution is -2.32. The maximum atomic E-state index is 11.8. The third-order valence-electron chi connectivity index (χ3n) is 2.31. The fourth-order valence-electron chi connectivity index (χ4n) is 1.54. The van der Waals surface area contributed by atoms with Crippen molar-refractivity contribution in [3.8, 4) is 11.6 Å². The van der Waals surface area contributed by atoms with Crippen LogP contribution in [-0.2, 0) is 25.3 Å². The molecule has 1 aromatic rings. The highest BCUT2D eigenvalue weighted by molar-refractivity contribution is 7.89. The Balaban J connectivity index is 3.18. The molecular weight excluding hydrogens is 318 g/mol. The zero-order valence-corrected chi connectivity index (χ0v) is 13.6. The van der Waals surface area contributed by atoms with Gasteiger partial charge in [-0.1, -0.05) is 0 Å². The Labute approximate surface area is 127 Å². The normalized spacial score (nSPS) is 11.1. The molecule has 1 aromatic heterocycles. The van der Waals surface area contributed by atoms with Crippen molar-refractivity contribution in [3.63, 3.8) is 0 Å². The molecule has 0 aromatic carbocycles. The second-order valence-corrected chi connectivity index (χ2v) is 6.26. The number of aryl methyl sites for hydroxylation is 1. The SMILES string of the molecule is COc1c(C)nc(CS(C)(=O)=O)nc1OC(=O)N(OC)OC. The van der Waals surface area contributed by atoms with E-state index in [-0.39, 0.29) is 17.5 Å². The first-order valence-corrected chi connectivity index (χ1v) is 7.97. The number of nitrogens with zero attached hydrogens (tertiary/aromatic N) is 3. The number of carbonyl (C=O) groups is 1. The van der Waals surface area contributed by atoms with Gasteiger partial charge in [0.2, 0.25) is 5.75 Å². The molecule has 0 aliphatic heterocycles. The van der Waals surface area contributed by atoms with Gasteiger partial charge in [0.05, 0.1) is 27.0 Å². The second-order valence-electron chi connectivity index (χ2n) is 4.12. The molecule has 0 spiro atoms. The van der Waals surface area contributed by atoms with E-state index in [1.165, 1.54) is 21.3 Å². The van der Waals surface area contributed by atoms with Gasteiger partial charge in [0.25, 0.3) is 5.88 Å². The number of hydrogen-bond acceptors (Lipinski definition) is 9. The third-order valence-corrected chi connectivity index (χ3v) is 3.09. The molecule has 0 radical (unpaired) electrons. The molecule has 0 fully saturated rings. The van der Waals surface area contributed by atoms with Crippen LogP contribution in [0.15, 0.2) is 0 Å². The fourth-order valence-corrected chi connectivity index (χ4v) is 2.14. The van der Waals surface area contributed by atoms with Gasteiger partial charge in [0.15, 0.2) is 9.84 Å². The number of amides is 1. The monoisotopic (exact) mass is 335 g/mol. The first kappa shape index (κ1) is 18.1. The Kier molecular flexibility index (Phi) is 6.02. The van der Waals surface area contributed by atoms with Crippen LogP contribution in [0.25, 0.3) is 0 Å². The highest BCUT2D eigenvalue weighted by Gasteiger charge is 2.22. The van der Waals surface area contributed by atoms with Crippen LogP contribution < -0.4 is 9.47 Å². The number of hydrogen-bond donors (Lipinski definition) is 0. The number of methoxy groups -OCH3 is 1. The summed E-state index contributed by atoms with van der Waals surface area (Å²) >= 11 is 0. The van der Waals surface area contributed by atoms with E-state index in [2.05, 4.69) is 19.6 Å². The van der Waals surface area contributed by atoms with Crippen LogP contribution in [0.1, 0.15) is 11.5 Å². The van der Waals surface area contributed by atoms with Gasteiger partial charge in [-0.05, 0) is 12.2 Å². The minimum atomic E-state index is -3.35. The average molecular weight is 335 g/mol. The summed E-state index contributed by atoms with van der Waals surface area (Å²) in [7, 11) is 0.380. The molecule has 124 valence electrons. The zero-order valence-electron chi connectivity index (χ0n) is 12.8. The van der Waals surface area contributed by atoms with Gasteiger partial charge in [-0.25, -0.2) is 27.9 Å². The van der Waals surface area contributed by atoms with E-state index in [1.54, 1.807) is 6.92 Å². The van der Waals surface area contributed by atoms with Gasteiger partial charge >= 0.3 is 6.09 Å². The standard InChI is InChI=1S/C11H17N3O7S/c1-7-9(18-2)10(21-11(15)14(19-3)20-4)13-8(12-7)6-22(5,16)17/h6H2,1-5H3. The molecule has 0 saturated heterocycles. The minimum Gasteiger partial charge on any atom is -0.490 e. The van der Waals surface area contributed by atoms with E-state index in [9.17, 15) is 13.2 Å². The molecule has 0 bridgehead atoms. The van der Waals surface area contributed by atoms with Crippen LogP contribution >= 0.6 is 0 Å². The van der Waals surface area contributed by atoms with Crippen molar-refractivity contribution in [1.29, 1.82) is 0 Å². The van der Waals surface area contributed by atoms with Crippen molar-refractivity contribution >= 4 is 15.9 Å². The summed E-state index contributed by atoms with van der Waals surface area (Å²) < 4.78 is 32.7. The lowest BCUT2D eigenvalue weighted by atomic mass is 10.4. The molecule has 0 atom stereocenters. The molecule has 11 heteroatoms. The maximum Gasteiger partial charge on any atom is 0.466 e. The average Bonchev–Trinajstić information content (AvgIpc) is 2.37. The number of sulfone groups is 1. The van der Waals surface area contributed by atoms with Crippen molar-refractivity contribution in [2.24, 2.45) is 0 Å². The van der Waals surface area contributed by atoms with Crippen molar-refractivity contribution in [2.45, 2.75) is 12.7 Å². The number of carbonyl (C=O) groups excluding carboxylic acids is 1. The van der Waals surface area contributed by atoms with Crippen molar-refractivity contribution < 1.29 is 32.4 Å². The summed E-state index contributed by atoms with van der Waals surface area (Å²) in [5.74, 6) is -0.568. The Morgan fingerprint density at radius 1 is 1.18 bits per heavy atom. The van der Waals surface area contributed by atoms with Gasteiger partial charge in [0, 0.05) is 6.26 Å². The largest absolute Gasteiger partial charge is 0.490 e. The predicted octanol–water partition coefficient (Wildman–Crippen LogP) is 0.262. The molecule has 0 saturated carbocycles. The molecule has 1 rings (SSSR count). The van der Waals surface area contributed by atoms with Gasteiger partial charge in [-0.15, -0.1) is 0 Å². The third kappa shape index (κ3) is 4.79. The lowest BCUT2D eigenvalue weighted by Gasteiger charge is -2.16. The topological polar surface area (TPSA) is 117 Å². The van der Waals surface area contributed by atoms with Crippen LogP contribution in [0.2, 0.25) is 0 Å². The molecule has 1 amide bonds. The highest BCUT2D eigenvalue weighted by Crippen LogP contribution is 2.28. The Bertz CT molecular complexity index is 643. The summed E-state index contributed by atoms with van der Waals surface area (Å²) in [5, 5.41) is 0.465. The second kappa shape index (κ2) is 7.33. The number of aromatic nitrogens is 2. The van der Waals surface area contributed by atoms with Gasteiger partial charge in [-0.2, -0.15) is 4.98 Å². The first-order valence-electron chi connectivity index (χ1n) is 5.91. The fraction of sp³-hybridized carbons (Fsp3) is 0.545. The quantitative estimate of drug-likeness (QED) is 0.675. The Morgan fingerprint density at radius 2 is 1.77 bits per heavy atom. The number of rotatable bonds is 6. The summed E-state index contributed by atoms with van der Waals surface area (Å²) in [4.78, 5) is 28.9. The zero-order chi connectivity index (χ0) is 16.9. The van der Waals surface area contributed by atoms with Gasteiger partial charge in [0.1, 0.15) is 11.6 Å². The molecular formula is C11H17N3O7S. The highest BCUT2D eigenvalue weighted by atomic mass is 32.2. The summed E-state index contributed by atoms with van der Waals surface area (Å²) in [6, 6.07) is 0. The van der Waals surface area contributed by atoms with Crippen LogP contribution in [0, 0.1) is 6.92 Å². The molecule has 0 aliphatic carbocycles. The van der Waals surface area contributed by atoms with Gasteiger partial charge in [-0.3, -0.25) is 0 Å². The number of hydroxylamine groups is 2. The molecule has 10 nitrogen and oxygen atoms in total. The molecule has 0 unspecified atom stereocenters. The van der Waals surface area contributed by atoms with Crippen molar-refractivity contribution in [1.82, 2.24) is 15.2 Å². The van der Waals surface area contributed by atoms with E-state index in [1.807, 2.05) is 0 Å². The predicted molar refractivity (Wildman–Crippen MR) is 73.7 cm³/mol. The van der Waals surface area contributed by atoms with Crippen LogP contribution in [0.5, 0.6) is 11.6 Å². The summed E-state index contributed by atoms with van der Waals surface area (Å²) in [6.07, 6.45) is 0.0193. The lowest BCUT2D eigenvalue weighted by molar-refractivity contribution is -0.305. The summed E-state index contributed by atoms with van der Waals surface area (Å²) in [5.41, 5.74) is 0.320. The summed E-state index contributed by atoms with van der Waals surface area (Å²) in [6.45, 7) is 1.56. The van der Waals surface area contributed by atoms with E-state index in [0.29, 0.717) is 10.9 Å². The van der Waals surface area contributed by atoms with E-state index in [0.717, 1.165) is 6.26 Å². The molecule has 1 heterocycles. The first-order chi connectivity index (χ1) is 10.2. The van der Waals surface area contributed by atoms with Crippen LogP contribution in [0.4, 0.5) is 4.79 Å².